The second-order valence-electron chi connectivity index (χ2n) is 6.56. The minimum Gasteiger partial charge on any atom is -0.335 e. The average molecular weight is 292 g/mol. The number of nitrogens with one attached hydrogen (secondary N) is 1. The molecule has 1 N–H and O–H groups in total. The third-order valence-corrected chi connectivity index (χ3v) is 5.11. The van der Waals surface area contributed by atoms with Crippen LogP contribution >= 0.6 is 0 Å². The van der Waals surface area contributed by atoms with Gasteiger partial charge in [0.1, 0.15) is 5.82 Å². The molecule has 1 aromatic rings. The van der Waals surface area contributed by atoms with Crippen LogP contribution in [0.3, 0.4) is 0 Å². The number of hydrogen-bond acceptors (Lipinski definition) is 3. The number of nitrogens with zero attached hydrogens (tertiary/aromatic N) is 3. The van der Waals surface area contributed by atoms with E-state index < -0.39 is 0 Å². The molecule has 4 nitrogen and oxygen atoms in total. The predicted octanol–water partition coefficient (Wildman–Crippen LogP) is 2.69. The Kier molecular flexibility index (Phi) is 5.82. The largest absolute Gasteiger partial charge is 0.335 e. The molecule has 1 fully saturated rings. The Balaban J connectivity index is 2.20. The third-order valence-electron chi connectivity index (χ3n) is 5.11. The van der Waals surface area contributed by atoms with Gasteiger partial charge in [-0.05, 0) is 39.9 Å². The number of hydrogen-bond donors (Lipinski definition) is 1. The van der Waals surface area contributed by atoms with E-state index in [9.17, 15) is 0 Å². The summed E-state index contributed by atoms with van der Waals surface area (Å²) >= 11 is 0. The van der Waals surface area contributed by atoms with Gasteiger partial charge in [0.05, 0.1) is 0 Å². The average Bonchev–Trinajstić information content (AvgIpc) is 3.09. The highest BCUT2D eigenvalue weighted by atomic mass is 15.2. The molecule has 0 amide bonds. The molecule has 1 aromatic heterocycles. The number of aromatic nitrogens is 2. The Morgan fingerprint density at radius 1 is 1.33 bits per heavy atom. The number of aryl methyl sites for hydroxylation is 1. The van der Waals surface area contributed by atoms with E-state index in [1.807, 2.05) is 6.20 Å². The highest BCUT2D eigenvalue weighted by Gasteiger charge is 2.43. The maximum Gasteiger partial charge on any atom is 0.110 e. The van der Waals surface area contributed by atoms with Crippen LogP contribution in [0.4, 0.5) is 0 Å². The quantitative estimate of drug-likeness (QED) is 0.800. The lowest BCUT2D eigenvalue weighted by molar-refractivity contribution is 0.104. The molecule has 0 saturated heterocycles. The van der Waals surface area contributed by atoms with Crippen molar-refractivity contribution >= 4 is 0 Å². The van der Waals surface area contributed by atoms with Crippen molar-refractivity contribution in [3.63, 3.8) is 0 Å². The lowest BCUT2D eigenvalue weighted by Gasteiger charge is -2.43. The molecule has 1 aliphatic carbocycles. The summed E-state index contributed by atoms with van der Waals surface area (Å²) in [6.07, 6.45) is 11.6. The van der Waals surface area contributed by atoms with Crippen molar-refractivity contribution in [1.29, 1.82) is 0 Å². The zero-order chi connectivity index (χ0) is 15.3. The Hall–Kier alpha value is -0.870. The Morgan fingerprint density at radius 2 is 2.05 bits per heavy atom. The Labute approximate surface area is 129 Å². The van der Waals surface area contributed by atoms with Gasteiger partial charge >= 0.3 is 0 Å². The molecule has 21 heavy (non-hydrogen) atoms. The standard InChI is InChI=1S/C17H32N4/c1-5-12-21-13-11-19-16(21)14-15(18-6-2)17(20(3)4)9-7-8-10-17/h11,13,15,18H,5-10,12,14H2,1-4H3. The summed E-state index contributed by atoms with van der Waals surface area (Å²) in [4.78, 5) is 7.08. The summed E-state index contributed by atoms with van der Waals surface area (Å²) in [5.41, 5.74) is 0.291. The summed E-state index contributed by atoms with van der Waals surface area (Å²) in [6.45, 7) is 6.53. The molecule has 1 atom stereocenters. The molecule has 0 radical (unpaired) electrons. The molecule has 1 aliphatic rings. The van der Waals surface area contributed by atoms with Crippen molar-refractivity contribution in [2.45, 2.75) is 70.5 Å². The van der Waals surface area contributed by atoms with Crippen LogP contribution in [0.5, 0.6) is 0 Å². The van der Waals surface area contributed by atoms with Gasteiger partial charge in [0.25, 0.3) is 0 Å². The first-order chi connectivity index (χ1) is 10.1. The molecule has 1 saturated carbocycles. The number of imidazole rings is 1. The molecule has 1 heterocycles. The molecule has 120 valence electrons. The topological polar surface area (TPSA) is 33.1 Å². The van der Waals surface area contributed by atoms with Crippen molar-refractivity contribution in [1.82, 2.24) is 19.8 Å². The van der Waals surface area contributed by atoms with Gasteiger partial charge in [-0.25, -0.2) is 4.98 Å². The molecule has 0 spiro atoms. The van der Waals surface area contributed by atoms with Crippen molar-refractivity contribution < 1.29 is 0 Å². The summed E-state index contributed by atoms with van der Waals surface area (Å²) in [5.74, 6) is 1.23. The normalized spacial score (nSPS) is 19.3. The Bertz CT molecular complexity index is 418. The van der Waals surface area contributed by atoms with E-state index in [2.05, 4.69) is 53.9 Å². The lowest BCUT2D eigenvalue weighted by atomic mass is 9.84. The maximum absolute atomic E-state index is 4.62. The highest BCUT2D eigenvalue weighted by Crippen LogP contribution is 2.37. The van der Waals surface area contributed by atoms with E-state index in [0.29, 0.717) is 11.6 Å². The van der Waals surface area contributed by atoms with Gasteiger partial charge in [0.15, 0.2) is 0 Å². The van der Waals surface area contributed by atoms with Crippen molar-refractivity contribution in [3.8, 4) is 0 Å². The van der Waals surface area contributed by atoms with Gasteiger partial charge in [-0.3, -0.25) is 0 Å². The van der Waals surface area contributed by atoms with Crippen LogP contribution in [0.25, 0.3) is 0 Å². The fourth-order valence-corrected chi connectivity index (χ4v) is 3.95. The molecular formula is C17H32N4. The minimum atomic E-state index is 0.291. The Morgan fingerprint density at radius 3 is 2.62 bits per heavy atom. The van der Waals surface area contributed by atoms with Gasteiger partial charge in [0.2, 0.25) is 0 Å². The first kappa shape index (κ1) is 16.5. The van der Waals surface area contributed by atoms with Gasteiger partial charge in [-0.1, -0.05) is 26.7 Å². The van der Waals surface area contributed by atoms with Gasteiger partial charge in [-0.2, -0.15) is 0 Å². The minimum absolute atomic E-state index is 0.291. The van der Waals surface area contributed by atoms with E-state index in [1.54, 1.807) is 0 Å². The predicted molar refractivity (Wildman–Crippen MR) is 88.6 cm³/mol. The number of rotatable bonds is 8. The van der Waals surface area contributed by atoms with Crippen molar-refractivity contribution in [2.24, 2.45) is 0 Å². The summed E-state index contributed by atoms with van der Waals surface area (Å²) in [7, 11) is 4.49. The maximum atomic E-state index is 4.62. The monoisotopic (exact) mass is 292 g/mol. The van der Waals surface area contributed by atoms with Crippen molar-refractivity contribution in [3.05, 3.63) is 18.2 Å². The van der Waals surface area contributed by atoms with Crippen LogP contribution in [0.2, 0.25) is 0 Å². The first-order valence-electron chi connectivity index (χ1n) is 8.55. The summed E-state index contributed by atoms with van der Waals surface area (Å²) < 4.78 is 2.32. The second kappa shape index (κ2) is 7.41. The van der Waals surface area contributed by atoms with E-state index in [1.165, 1.54) is 31.5 Å². The molecule has 0 bridgehead atoms. The second-order valence-corrected chi connectivity index (χ2v) is 6.56. The smallest absolute Gasteiger partial charge is 0.110 e. The summed E-state index contributed by atoms with van der Waals surface area (Å²) in [5, 5.41) is 3.76. The van der Waals surface area contributed by atoms with Crippen molar-refractivity contribution in [2.75, 3.05) is 20.6 Å². The van der Waals surface area contributed by atoms with E-state index >= 15 is 0 Å². The van der Waals surface area contributed by atoms with Gasteiger partial charge in [0, 0.05) is 36.9 Å². The van der Waals surface area contributed by atoms with E-state index in [0.717, 1.165) is 25.9 Å². The zero-order valence-electron chi connectivity index (χ0n) is 14.2. The molecule has 0 aromatic carbocycles. The van der Waals surface area contributed by atoms with Gasteiger partial charge in [-0.15, -0.1) is 0 Å². The first-order valence-corrected chi connectivity index (χ1v) is 8.55. The van der Waals surface area contributed by atoms with Crippen LogP contribution in [0, 0.1) is 0 Å². The lowest BCUT2D eigenvalue weighted by Crippen LogP contribution is -2.58. The van der Waals surface area contributed by atoms with Gasteiger partial charge < -0.3 is 14.8 Å². The molecular weight excluding hydrogens is 260 g/mol. The van der Waals surface area contributed by atoms with E-state index in [-0.39, 0.29) is 0 Å². The molecule has 2 rings (SSSR count). The third kappa shape index (κ3) is 3.49. The fraction of sp³-hybridized carbons (Fsp3) is 0.824. The van der Waals surface area contributed by atoms with E-state index in [4.69, 9.17) is 0 Å². The van der Waals surface area contributed by atoms with Crippen LogP contribution in [0.15, 0.2) is 12.4 Å². The van der Waals surface area contributed by atoms with Crippen LogP contribution in [-0.4, -0.2) is 46.7 Å². The fourth-order valence-electron chi connectivity index (χ4n) is 3.95. The number of likely N-dealkylation sites (N-methyl/N-ethyl adjacent to an activating group) is 2. The van der Waals surface area contributed by atoms with Crippen LogP contribution < -0.4 is 5.32 Å². The molecule has 0 aliphatic heterocycles. The van der Waals surface area contributed by atoms with Crippen LogP contribution in [-0.2, 0) is 13.0 Å². The SMILES string of the molecule is CCCn1ccnc1CC(NCC)C1(N(C)C)CCCC1. The summed E-state index contributed by atoms with van der Waals surface area (Å²) in [6, 6.07) is 0.484. The molecule has 4 heteroatoms. The molecule has 1 unspecified atom stereocenters. The highest BCUT2D eigenvalue weighted by molar-refractivity contribution is 5.07. The zero-order valence-corrected chi connectivity index (χ0v) is 14.2. The van der Waals surface area contributed by atoms with Crippen LogP contribution in [0.1, 0.15) is 51.8 Å².